The molecule has 16 heavy (non-hydrogen) atoms. The van der Waals surface area contributed by atoms with Gasteiger partial charge in [-0.05, 0) is 19.4 Å². The van der Waals surface area contributed by atoms with Crippen molar-refractivity contribution >= 4 is 5.84 Å². The van der Waals surface area contributed by atoms with E-state index >= 15 is 0 Å². The molecule has 1 aromatic rings. The van der Waals surface area contributed by atoms with E-state index in [-0.39, 0.29) is 5.84 Å². The zero-order valence-corrected chi connectivity index (χ0v) is 9.60. The number of amidine groups is 1. The van der Waals surface area contributed by atoms with Gasteiger partial charge in [0.25, 0.3) is 0 Å². The summed E-state index contributed by atoms with van der Waals surface area (Å²) in [5.41, 5.74) is 6.89. The molecule has 5 heteroatoms. The zero-order valence-electron chi connectivity index (χ0n) is 9.60. The molecule has 3 N–H and O–H groups in total. The SMILES string of the molecule is CCCCOc1cc(/C(N)=N/O)cc(C)n1. The molecule has 88 valence electrons. The first-order chi connectivity index (χ1) is 7.67. The van der Waals surface area contributed by atoms with Gasteiger partial charge in [-0.1, -0.05) is 18.5 Å². The maximum Gasteiger partial charge on any atom is 0.214 e. The Morgan fingerprint density at radius 1 is 1.56 bits per heavy atom. The molecule has 0 amide bonds. The maximum absolute atomic E-state index is 8.59. The number of hydrogen-bond acceptors (Lipinski definition) is 4. The van der Waals surface area contributed by atoms with Crippen LogP contribution in [-0.2, 0) is 0 Å². The number of aryl methyl sites for hydroxylation is 1. The van der Waals surface area contributed by atoms with Crippen LogP contribution < -0.4 is 10.5 Å². The largest absolute Gasteiger partial charge is 0.478 e. The van der Waals surface area contributed by atoms with Gasteiger partial charge in [0.05, 0.1) is 6.61 Å². The van der Waals surface area contributed by atoms with E-state index < -0.39 is 0 Å². The first-order valence-corrected chi connectivity index (χ1v) is 5.26. The molecular weight excluding hydrogens is 206 g/mol. The van der Waals surface area contributed by atoms with Gasteiger partial charge in [0.2, 0.25) is 5.88 Å². The molecule has 0 aliphatic rings. The third kappa shape index (κ3) is 3.42. The third-order valence-corrected chi connectivity index (χ3v) is 2.08. The lowest BCUT2D eigenvalue weighted by atomic mass is 10.2. The number of pyridine rings is 1. The number of hydrogen-bond donors (Lipinski definition) is 2. The van der Waals surface area contributed by atoms with E-state index in [1.54, 1.807) is 12.1 Å². The highest BCUT2D eigenvalue weighted by atomic mass is 16.5. The second kappa shape index (κ2) is 5.95. The smallest absolute Gasteiger partial charge is 0.214 e. The van der Waals surface area contributed by atoms with Gasteiger partial charge >= 0.3 is 0 Å². The van der Waals surface area contributed by atoms with Crippen molar-refractivity contribution in [1.29, 1.82) is 0 Å². The van der Waals surface area contributed by atoms with Crippen molar-refractivity contribution in [2.45, 2.75) is 26.7 Å². The van der Waals surface area contributed by atoms with Crippen molar-refractivity contribution in [2.75, 3.05) is 6.61 Å². The minimum Gasteiger partial charge on any atom is -0.478 e. The Kier molecular flexibility index (Phi) is 4.57. The molecule has 0 fully saturated rings. The highest BCUT2D eigenvalue weighted by Gasteiger charge is 2.04. The van der Waals surface area contributed by atoms with E-state index in [0.717, 1.165) is 18.5 Å². The van der Waals surface area contributed by atoms with E-state index in [2.05, 4.69) is 17.1 Å². The van der Waals surface area contributed by atoms with Gasteiger partial charge in [0.1, 0.15) is 0 Å². The van der Waals surface area contributed by atoms with Crippen LogP contribution >= 0.6 is 0 Å². The summed E-state index contributed by atoms with van der Waals surface area (Å²) < 4.78 is 5.46. The molecule has 0 bridgehead atoms. The molecule has 1 rings (SSSR count). The number of aromatic nitrogens is 1. The Labute approximate surface area is 94.9 Å². The summed E-state index contributed by atoms with van der Waals surface area (Å²) in [5, 5.41) is 11.5. The van der Waals surface area contributed by atoms with Crippen LogP contribution in [0.2, 0.25) is 0 Å². The van der Waals surface area contributed by atoms with E-state index in [4.69, 9.17) is 15.7 Å². The molecule has 1 aromatic heterocycles. The Balaban J connectivity index is 2.82. The fourth-order valence-corrected chi connectivity index (χ4v) is 1.24. The Hall–Kier alpha value is -1.78. The minimum atomic E-state index is 0.0610. The molecule has 0 aliphatic carbocycles. The molecular formula is C11H17N3O2. The van der Waals surface area contributed by atoms with E-state index in [1.165, 1.54) is 0 Å². The highest BCUT2D eigenvalue weighted by Crippen LogP contribution is 2.12. The fraction of sp³-hybridized carbons (Fsp3) is 0.455. The molecule has 0 saturated carbocycles. The average Bonchev–Trinajstić information content (AvgIpc) is 2.27. The quantitative estimate of drug-likeness (QED) is 0.261. The fourth-order valence-electron chi connectivity index (χ4n) is 1.24. The zero-order chi connectivity index (χ0) is 12.0. The molecule has 5 nitrogen and oxygen atoms in total. The van der Waals surface area contributed by atoms with Crippen LogP contribution in [0.1, 0.15) is 31.0 Å². The van der Waals surface area contributed by atoms with Crippen LogP contribution in [0.15, 0.2) is 17.3 Å². The summed E-state index contributed by atoms with van der Waals surface area (Å²) in [7, 11) is 0. The van der Waals surface area contributed by atoms with Crippen LogP contribution in [0.5, 0.6) is 5.88 Å². The van der Waals surface area contributed by atoms with Gasteiger partial charge in [-0.15, -0.1) is 0 Å². The Bertz CT molecular complexity index is 377. The highest BCUT2D eigenvalue weighted by molar-refractivity contribution is 5.97. The first-order valence-electron chi connectivity index (χ1n) is 5.26. The molecule has 0 unspecified atom stereocenters. The van der Waals surface area contributed by atoms with Crippen LogP contribution in [-0.4, -0.2) is 22.6 Å². The van der Waals surface area contributed by atoms with Crippen molar-refractivity contribution in [2.24, 2.45) is 10.9 Å². The van der Waals surface area contributed by atoms with E-state index in [1.807, 2.05) is 6.92 Å². The van der Waals surface area contributed by atoms with Crippen molar-refractivity contribution in [3.8, 4) is 5.88 Å². The average molecular weight is 223 g/mol. The molecule has 0 saturated heterocycles. The summed E-state index contributed by atoms with van der Waals surface area (Å²) in [6.07, 6.45) is 2.05. The Morgan fingerprint density at radius 3 is 2.94 bits per heavy atom. The van der Waals surface area contributed by atoms with Crippen LogP contribution in [0.25, 0.3) is 0 Å². The van der Waals surface area contributed by atoms with Gasteiger partial charge in [-0.25, -0.2) is 4.98 Å². The van der Waals surface area contributed by atoms with Crippen molar-refractivity contribution in [1.82, 2.24) is 4.98 Å². The summed E-state index contributed by atoms with van der Waals surface area (Å²) >= 11 is 0. The van der Waals surface area contributed by atoms with Crippen molar-refractivity contribution in [3.63, 3.8) is 0 Å². The first kappa shape index (κ1) is 12.3. The Morgan fingerprint density at radius 2 is 2.31 bits per heavy atom. The summed E-state index contributed by atoms with van der Waals surface area (Å²) in [6, 6.07) is 3.40. The minimum absolute atomic E-state index is 0.0610. The molecule has 0 spiro atoms. The maximum atomic E-state index is 8.59. The predicted molar refractivity (Wildman–Crippen MR) is 61.9 cm³/mol. The monoisotopic (exact) mass is 223 g/mol. The van der Waals surface area contributed by atoms with Gasteiger partial charge in [0, 0.05) is 17.3 Å². The normalized spacial score (nSPS) is 11.5. The van der Waals surface area contributed by atoms with E-state index in [0.29, 0.717) is 18.1 Å². The third-order valence-electron chi connectivity index (χ3n) is 2.08. The standard InChI is InChI=1S/C11H17N3O2/c1-3-4-5-16-10-7-9(11(12)14-15)6-8(2)13-10/h6-7,15H,3-5H2,1-2H3,(H2,12,14). The number of nitrogens with two attached hydrogens (primary N) is 1. The lowest BCUT2D eigenvalue weighted by Crippen LogP contribution is -2.14. The number of ether oxygens (including phenoxy) is 1. The summed E-state index contributed by atoms with van der Waals surface area (Å²) in [4.78, 5) is 4.21. The number of nitrogens with zero attached hydrogens (tertiary/aromatic N) is 2. The van der Waals surface area contributed by atoms with Gasteiger partial charge < -0.3 is 15.7 Å². The molecule has 0 radical (unpaired) electrons. The topological polar surface area (TPSA) is 80.7 Å². The van der Waals surface area contributed by atoms with Gasteiger partial charge in [-0.3, -0.25) is 0 Å². The molecule has 0 aromatic carbocycles. The van der Waals surface area contributed by atoms with Crippen LogP contribution in [0.3, 0.4) is 0 Å². The van der Waals surface area contributed by atoms with E-state index in [9.17, 15) is 0 Å². The predicted octanol–water partition coefficient (Wildman–Crippen LogP) is 1.66. The van der Waals surface area contributed by atoms with Crippen molar-refractivity contribution < 1.29 is 9.94 Å². The number of rotatable bonds is 5. The van der Waals surface area contributed by atoms with Gasteiger partial charge in [0.15, 0.2) is 5.84 Å². The van der Waals surface area contributed by atoms with Gasteiger partial charge in [-0.2, -0.15) is 0 Å². The van der Waals surface area contributed by atoms with Crippen LogP contribution in [0, 0.1) is 6.92 Å². The second-order valence-electron chi connectivity index (χ2n) is 3.52. The number of oxime groups is 1. The molecule has 1 heterocycles. The second-order valence-corrected chi connectivity index (χ2v) is 3.52. The summed E-state index contributed by atoms with van der Waals surface area (Å²) in [5.74, 6) is 0.570. The number of unbranched alkanes of at least 4 members (excludes halogenated alkanes) is 1. The summed E-state index contributed by atoms with van der Waals surface area (Å²) in [6.45, 7) is 4.55. The van der Waals surface area contributed by atoms with Crippen LogP contribution in [0.4, 0.5) is 0 Å². The lowest BCUT2D eigenvalue weighted by molar-refractivity contribution is 0.297. The molecule has 0 atom stereocenters. The lowest BCUT2D eigenvalue weighted by Gasteiger charge is -2.07. The molecule has 0 aliphatic heterocycles. The van der Waals surface area contributed by atoms with Crippen molar-refractivity contribution in [3.05, 3.63) is 23.4 Å².